The highest BCUT2D eigenvalue weighted by Gasteiger charge is 2.34. The quantitative estimate of drug-likeness (QED) is 0.820. The van der Waals surface area contributed by atoms with Gasteiger partial charge in [-0.15, -0.1) is 0 Å². The van der Waals surface area contributed by atoms with Crippen LogP contribution in [0.5, 0.6) is 5.75 Å². The van der Waals surface area contributed by atoms with Crippen molar-refractivity contribution in [2.24, 2.45) is 0 Å². The van der Waals surface area contributed by atoms with E-state index in [1.54, 1.807) is 7.11 Å². The van der Waals surface area contributed by atoms with Crippen molar-refractivity contribution in [2.75, 3.05) is 12.0 Å². The lowest BCUT2D eigenvalue weighted by Crippen LogP contribution is -2.25. The molecule has 3 rings (SSSR count). The molecule has 0 N–H and O–H groups in total. The van der Waals surface area contributed by atoms with E-state index in [1.165, 1.54) is 0 Å². The van der Waals surface area contributed by atoms with E-state index in [2.05, 4.69) is 0 Å². The molecule has 1 amide bonds. The van der Waals surface area contributed by atoms with E-state index in [1.807, 2.05) is 60.4 Å². The van der Waals surface area contributed by atoms with Crippen molar-refractivity contribution in [3.8, 4) is 5.75 Å². The van der Waals surface area contributed by atoms with E-state index in [0.717, 1.165) is 22.6 Å². The van der Waals surface area contributed by atoms with Crippen LogP contribution in [0.4, 0.5) is 5.69 Å². The fourth-order valence-electron chi connectivity index (χ4n) is 2.58. The second kappa shape index (κ2) is 4.43. The Labute approximate surface area is 112 Å². The molecule has 96 valence electrons. The first kappa shape index (κ1) is 11.8. The van der Waals surface area contributed by atoms with Crippen molar-refractivity contribution in [3.63, 3.8) is 0 Å². The molecule has 0 bridgehead atoms. The van der Waals surface area contributed by atoms with Crippen molar-refractivity contribution >= 4 is 11.6 Å². The summed E-state index contributed by atoms with van der Waals surface area (Å²) in [7, 11) is 1.63. The molecule has 1 heterocycles. The normalized spacial score (nSPS) is 17.5. The Kier molecular flexibility index (Phi) is 2.75. The zero-order valence-corrected chi connectivity index (χ0v) is 11.0. The van der Waals surface area contributed by atoms with Crippen LogP contribution in [0.2, 0.25) is 0 Å². The summed E-state index contributed by atoms with van der Waals surface area (Å²) < 4.78 is 5.14. The summed E-state index contributed by atoms with van der Waals surface area (Å²) in [5.74, 6) is 0.855. The third-order valence-electron chi connectivity index (χ3n) is 3.60. The van der Waals surface area contributed by atoms with Crippen molar-refractivity contribution < 1.29 is 9.53 Å². The highest BCUT2D eigenvalue weighted by molar-refractivity contribution is 6.10. The number of nitrogens with zero attached hydrogens (tertiary/aromatic N) is 1. The molecule has 0 aromatic heterocycles. The van der Waals surface area contributed by atoms with Crippen LogP contribution in [0.1, 0.15) is 28.9 Å². The molecule has 0 saturated heterocycles. The van der Waals surface area contributed by atoms with E-state index in [4.69, 9.17) is 4.74 Å². The first-order valence-corrected chi connectivity index (χ1v) is 6.29. The SMILES string of the molecule is COc1ccc(N2C(=O)c3ccccc3C2C)cc1. The molecule has 2 aromatic rings. The zero-order valence-electron chi connectivity index (χ0n) is 11.0. The Morgan fingerprint density at radius 3 is 2.37 bits per heavy atom. The van der Waals surface area contributed by atoms with Gasteiger partial charge in [-0.2, -0.15) is 0 Å². The van der Waals surface area contributed by atoms with Gasteiger partial charge in [0.1, 0.15) is 5.75 Å². The zero-order chi connectivity index (χ0) is 13.4. The van der Waals surface area contributed by atoms with Crippen molar-refractivity contribution in [2.45, 2.75) is 13.0 Å². The van der Waals surface area contributed by atoms with E-state index in [-0.39, 0.29) is 11.9 Å². The molecule has 0 spiro atoms. The van der Waals surface area contributed by atoms with Crippen LogP contribution in [0.25, 0.3) is 0 Å². The first-order chi connectivity index (χ1) is 9.22. The van der Waals surface area contributed by atoms with Gasteiger partial charge in [-0.3, -0.25) is 4.79 Å². The lowest BCUT2D eigenvalue weighted by atomic mass is 10.1. The second-order valence-corrected chi connectivity index (χ2v) is 4.64. The van der Waals surface area contributed by atoms with Gasteiger partial charge in [0, 0.05) is 11.3 Å². The Hall–Kier alpha value is -2.29. The third kappa shape index (κ3) is 1.78. The van der Waals surface area contributed by atoms with Crippen molar-refractivity contribution in [1.82, 2.24) is 0 Å². The molecule has 0 radical (unpaired) electrons. The predicted octanol–water partition coefficient (Wildman–Crippen LogP) is 3.42. The third-order valence-corrected chi connectivity index (χ3v) is 3.60. The number of fused-ring (bicyclic) bond motifs is 1. The number of hydrogen-bond acceptors (Lipinski definition) is 2. The van der Waals surface area contributed by atoms with E-state index in [0.29, 0.717) is 0 Å². The number of carbonyl (C=O) groups is 1. The van der Waals surface area contributed by atoms with Crippen LogP contribution < -0.4 is 9.64 Å². The Morgan fingerprint density at radius 2 is 1.74 bits per heavy atom. The summed E-state index contributed by atoms with van der Waals surface area (Å²) in [6.45, 7) is 2.05. The minimum absolute atomic E-state index is 0.0632. The largest absolute Gasteiger partial charge is 0.497 e. The average molecular weight is 253 g/mol. The summed E-state index contributed by atoms with van der Waals surface area (Å²) in [4.78, 5) is 14.3. The fraction of sp³-hybridized carbons (Fsp3) is 0.188. The summed E-state index contributed by atoms with van der Waals surface area (Å²) >= 11 is 0. The van der Waals surface area contributed by atoms with Crippen LogP contribution in [0.3, 0.4) is 0 Å². The van der Waals surface area contributed by atoms with Gasteiger partial charge in [-0.1, -0.05) is 18.2 Å². The molecular weight excluding hydrogens is 238 g/mol. The molecule has 0 saturated carbocycles. The number of benzene rings is 2. The van der Waals surface area contributed by atoms with Crippen molar-refractivity contribution in [3.05, 3.63) is 59.7 Å². The van der Waals surface area contributed by atoms with Gasteiger partial charge in [0.05, 0.1) is 13.2 Å². The Morgan fingerprint density at radius 1 is 1.05 bits per heavy atom. The van der Waals surface area contributed by atoms with Gasteiger partial charge in [0.2, 0.25) is 0 Å². The van der Waals surface area contributed by atoms with E-state index in [9.17, 15) is 4.79 Å². The average Bonchev–Trinajstić information content (AvgIpc) is 2.72. The molecule has 1 aliphatic rings. The minimum Gasteiger partial charge on any atom is -0.497 e. The molecule has 2 aromatic carbocycles. The van der Waals surface area contributed by atoms with Gasteiger partial charge < -0.3 is 9.64 Å². The van der Waals surface area contributed by atoms with Gasteiger partial charge >= 0.3 is 0 Å². The Balaban J connectivity index is 2.01. The lowest BCUT2D eigenvalue weighted by Gasteiger charge is -2.22. The maximum absolute atomic E-state index is 12.5. The number of anilines is 1. The van der Waals surface area contributed by atoms with E-state index >= 15 is 0 Å². The Bertz CT molecular complexity index is 619. The molecule has 19 heavy (non-hydrogen) atoms. The van der Waals surface area contributed by atoms with Crippen LogP contribution in [0.15, 0.2) is 48.5 Å². The van der Waals surface area contributed by atoms with Crippen LogP contribution in [0, 0.1) is 0 Å². The fourth-order valence-corrected chi connectivity index (χ4v) is 2.58. The molecular formula is C16H15NO2. The summed E-state index contributed by atoms with van der Waals surface area (Å²) in [5, 5.41) is 0. The minimum atomic E-state index is 0.0632. The number of ether oxygens (including phenoxy) is 1. The van der Waals surface area contributed by atoms with Gasteiger partial charge in [-0.25, -0.2) is 0 Å². The lowest BCUT2D eigenvalue weighted by molar-refractivity contribution is 0.0992. The summed E-state index contributed by atoms with van der Waals surface area (Å²) in [5.41, 5.74) is 2.78. The molecule has 1 aliphatic heterocycles. The van der Waals surface area contributed by atoms with Gasteiger partial charge in [0.25, 0.3) is 5.91 Å². The highest BCUT2D eigenvalue weighted by Crippen LogP contribution is 2.37. The molecule has 1 atom stereocenters. The number of rotatable bonds is 2. The number of methoxy groups -OCH3 is 1. The van der Waals surface area contributed by atoms with Gasteiger partial charge in [0.15, 0.2) is 0 Å². The summed E-state index contributed by atoms with van der Waals surface area (Å²) in [6, 6.07) is 15.4. The molecule has 0 fully saturated rings. The monoisotopic (exact) mass is 253 g/mol. The maximum Gasteiger partial charge on any atom is 0.259 e. The molecule has 0 aliphatic carbocycles. The molecule has 1 unspecified atom stereocenters. The van der Waals surface area contributed by atoms with Crippen LogP contribution in [-0.2, 0) is 0 Å². The maximum atomic E-state index is 12.5. The number of carbonyl (C=O) groups excluding carboxylic acids is 1. The number of amides is 1. The van der Waals surface area contributed by atoms with Crippen molar-refractivity contribution in [1.29, 1.82) is 0 Å². The van der Waals surface area contributed by atoms with Crippen LogP contribution >= 0.6 is 0 Å². The molecule has 3 heteroatoms. The smallest absolute Gasteiger partial charge is 0.259 e. The topological polar surface area (TPSA) is 29.5 Å². The standard InChI is InChI=1S/C16H15NO2/c1-11-14-5-3-4-6-15(14)16(18)17(11)12-7-9-13(19-2)10-8-12/h3-11H,1-2H3. The van der Waals surface area contributed by atoms with E-state index < -0.39 is 0 Å². The predicted molar refractivity (Wildman–Crippen MR) is 74.7 cm³/mol. The number of hydrogen-bond donors (Lipinski definition) is 0. The summed E-state index contributed by atoms with van der Waals surface area (Å²) in [6.07, 6.45) is 0. The van der Waals surface area contributed by atoms with Gasteiger partial charge in [-0.05, 0) is 42.8 Å². The highest BCUT2D eigenvalue weighted by atomic mass is 16.5. The molecule has 3 nitrogen and oxygen atoms in total. The van der Waals surface area contributed by atoms with Crippen LogP contribution in [-0.4, -0.2) is 13.0 Å². The second-order valence-electron chi connectivity index (χ2n) is 4.64. The first-order valence-electron chi connectivity index (χ1n) is 6.29.